The van der Waals surface area contributed by atoms with Gasteiger partial charge in [0.1, 0.15) is 0 Å². The number of hydrogen-bond acceptors (Lipinski definition) is 3. The van der Waals surface area contributed by atoms with Gasteiger partial charge in [0, 0.05) is 5.03 Å². The highest BCUT2D eigenvalue weighted by molar-refractivity contribution is 7.91. The zero-order valence-electron chi connectivity index (χ0n) is 6.62. The molecular weight excluding hydrogens is 200 g/mol. The van der Waals surface area contributed by atoms with E-state index in [1.54, 1.807) is 0 Å². The Morgan fingerprint density at radius 2 is 2.33 bits per heavy atom. The molecule has 0 aromatic heterocycles. The van der Waals surface area contributed by atoms with Crippen LogP contribution in [0.25, 0.3) is 0 Å². The molecule has 0 spiro atoms. The average Bonchev–Trinajstić information content (AvgIpc) is 2.26. The SMILES string of the molecule is C=C(Cl)COC1CCS(=O)(=O)C1. The van der Waals surface area contributed by atoms with Crippen LogP contribution in [0.2, 0.25) is 0 Å². The standard InChI is InChI=1S/C7H11ClO3S/c1-6(8)4-11-7-2-3-12(9,10)5-7/h7H,1-5H2. The van der Waals surface area contributed by atoms with Crippen molar-refractivity contribution in [1.82, 2.24) is 0 Å². The highest BCUT2D eigenvalue weighted by atomic mass is 35.5. The van der Waals surface area contributed by atoms with Gasteiger partial charge in [-0.05, 0) is 6.42 Å². The fraction of sp³-hybridized carbons (Fsp3) is 0.714. The Morgan fingerprint density at radius 1 is 1.67 bits per heavy atom. The van der Waals surface area contributed by atoms with Gasteiger partial charge in [0.15, 0.2) is 9.84 Å². The first kappa shape index (κ1) is 10.0. The van der Waals surface area contributed by atoms with E-state index >= 15 is 0 Å². The summed E-state index contributed by atoms with van der Waals surface area (Å²) in [6, 6.07) is 0. The Morgan fingerprint density at radius 3 is 2.75 bits per heavy atom. The fourth-order valence-corrected chi connectivity index (χ4v) is 2.78. The average molecular weight is 211 g/mol. The summed E-state index contributed by atoms with van der Waals surface area (Å²) in [4.78, 5) is 0. The molecule has 5 heteroatoms. The van der Waals surface area contributed by atoms with E-state index in [0.29, 0.717) is 11.5 Å². The second kappa shape index (κ2) is 3.77. The van der Waals surface area contributed by atoms with Gasteiger partial charge in [-0.1, -0.05) is 18.2 Å². The lowest BCUT2D eigenvalue weighted by molar-refractivity contribution is 0.0920. The number of halogens is 1. The molecule has 0 aliphatic carbocycles. The van der Waals surface area contributed by atoms with E-state index in [2.05, 4.69) is 6.58 Å². The van der Waals surface area contributed by atoms with Gasteiger partial charge in [0.05, 0.1) is 24.2 Å². The lowest BCUT2D eigenvalue weighted by atomic mass is 10.3. The molecule has 1 saturated heterocycles. The summed E-state index contributed by atoms with van der Waals surface area (Å²) in [7, 11) is -2.84. The molecule has 1 heterocycles. The van der Waals surface area contributed by atoms with Crippen LogP contribution in [-0.4, -0.2) is 32.6 Å². The molecule has 0 aromatic rings. The predicted octanol–water partition coefficient (Wildman–Crippen LogP) is 0.943. The Kier molecular flexibility index (Phi) is 3.15. The molecule has 12 heavy (non-hydrogen) atoms. The van der Waals surface area contributed by atoms with Crippen molar-refractivity contribution in [3.8, 4) is 0 Å². The topological polar surface area (TPSA) is 43.4 Å². The number of sulfone groups is 1. The summed E-state index contributed by atoms with van der Waals surface area (Å²) in [6.45, 7) is 3.68. The quantitative estimate of drug-likeness (QED) is 0.697. The maximum absolute atomic E-state index is 11.0. The lowest BCUT2D eigenvalue weighted by Crippen LogP contribution is -2.15. The van der Waals surface area contributed by atoms with Crippen LogP contribution in [-0.2, 0) is 14.6 Å². The first-order chi connectivity index (χ1) is 5.49. The summed E-state index contributed by atoms with van der Waals surface area (Å²) in [6.07, 6.45) is 0.387. The van der Waals surface area contributed by atoms with Crippen molar-refractivity contribution < 1.29 is 13.2 Å². The molecule has 70 valence electrons. The van der Waals surface area contributed by atoms with E-state index in [1.807, 2.05) is 0 Å². The second-order valence-electron chi connectivity index (χ2n) is 2.85. The van der Waals surface area contributed by atoms with E-state index in [0.717, 1.165) is 0 Å². The van der Waals surface area contributed by atoms with Crippen molar-refractivity contribution in [2.45, 2.75) is 12.5 Å². The third kappa shape index (κ3) is 3.13. The van der Waals surface area contributed by atoms with E-state index in [-0.39, 0.29) is 24.2 Å². The third-order valence-corrected chi connectivity index (χ3v) is 3.51. The number of rotatable bonds is 3. The van der Waals surface area contributed by atoms with E-state index in [1.165, 1.54) is 0 Å². The Bertz CT molecular complexity index is 270. The fourth-order valence-electron chi connectivity index (χ4n) is 1.10. The molecule has 0 saturated carbocycles. The molecule has 0 radical (unpaired) electrons. The Labute approximate surface area is 77.3 Å². The molecule has 1 aliphatic heterocycles. The summed E-state index contributed by atoms with van der Waals surface area (Å²) in [5, 5.41) is 0.402. The zero-order valence-corrected chi connectivity index (χ0v) is 8.20. The third-order valence-electron chi connectivity index (χ3n) is 1.67. The second-order valence-corrected chi connectivity index (χ2v) is 5.62. The molecular formula is C7H11ClO3S. The van der Waals surface area contributed by atoms with Crippen molar-refractivity contribution in [3.63, 3.8) is 0 Å². The molecule has 1 unspecified atom stereocenters. The lowest BCUT2D eigenvalue weighted by Gasteiger charge is -2.07. The molecule has 0 N–H and O–H groups in total. The Hall–Kier alpha value is -0.0600. The van der Waals surface area contributed by atoms with Gasteiger partial charge in [-0.2, -0.15) is 0 Å². The van der Waals surface area contributed by atoms with Crippen molar-refractivity contribution in [1.29, 1.82) is 0 Å². The molecule has 1 fully saturated rings. The van der Waals surface area contributed by atoms with E-state index < -0.39 is 9.84 Å². The molecule has 1 atom stereocenters. The van der Waals surface area contributed by atoms with Gasteiger partial charge in [-0.25, -0.2) is 8.42 Å². The summed E-state index contributed by atoms with van der Waals surface area (Å²) in [5.74, 6) is 0.351. The van der Waals surface area contributed by atoms with E-state index in [4.69, 9.17) is 16.3 Å². The van der Waals surface area contributed by atoms with E-state index in [9.17, 15) is 8.42 Å². The van der Waals surface area contributed by atoms with Gasteiger partial charge in [0.25, 0.3) is 0 Å². The predicted molar refractivity (Wildman–Crippen MR) is 48.0 cm³/mol. The highest BCUT2D eigenvalue weighted by Gasteiger charge is 2.28. The minimum atomic E-state index is -2.84. The zero-order chi connectivity index (χ0) is 9.19. The highest BCUT2D eigenvalue weighted by Crippen LogP contribution is 2.15. The first-order valence-corrected chi connectivity index (χ1v) is 5.85. The van der Waals surface area contributed by atoms with Crippen LogP contribution in [0, 0.1) is 0 Å². The maximum Gasteiger partial charge on any atom is 0.152 e. The normalized spacial score (nSPS) is 27.2. The van der Waals surface area contributed by atoms with Gasteiger partial charge in [-0.3, -0.25) is 0 Å². The number of ether oxygens (including phenoxy) is 1. The van der Waals surface area contributed by atoms with Gasteiger partial charge >= 0.3 is 0 Å². The van der Waals surface area contributed by atoms with Crippen molar-refractivity contribution in [2.75, 3.05) is 18.1 Å². The van der Waals surface area contributed by atoms with Crippen molar-refractivity contribution >= 4 is 21.4 Å². The smallest absolute Gasteiger partial charge is 0.152 e. The minimum absolute atomic E-state index is 0.122. The first-order valence-electron chi connectivity index (χ1n) is 3.65. The van der Waals surface area contributed by atoms with Crippen LogP contribution >= 0.6 is 11.6 Å². The molecule has 0 aromatic carbocycles. The van der Waals surface area contributed by atoms with Crippen LogP contribution in [0.1, 0.15) is 6.42 Å². The summed E-state index contributed by atoms with van der Waals surface area (Å²) >= 11 is 5.46. The van der Waals surface area contributed by atoms with Crippen LogP contribution in [0.4, 0.5) is 0 Å². The van der Waals surface area contributed by atoms with Crippen LogP contribution in [0.5, 0.6) is 0 Å². The molecule has 0 amide bonds. The Balaban J connectivity index is 2.34. The molecule has 1 aliphatic rings. The molecule has 3 nitrogen and oxygen atoms in total. The monoisotopic (exact) mass is 210 g/mol. The summed E-state index contributed by atoms with van der Waals surface area (Å²) in [5.41, 5.74) is 0. The number of hydrogen-bond donors (Lipinski definition) is 0. The van der Waals surface area contributed by atoms with Crippen LogP contribution in [0.3, 0.4) is 0 Å². The van der Waals surface area contributed by atoms with Crippen molar-refractivity contribution in [3.05, 3.63) is 11.6 Å². The van der Waals surface area contributed by atoms with Crippen molar-refractivity contribution in [2.24, 2.45) is 0 Å². The minimum Gasteiger partial charge on any atom is -0.372 e. The molecule has 0 bridgehead atoms. The maximum atomic E-state index is 11.0. The van der Waals surface area contributed by atoms with Crippen LogP contribution < -0.4 is 0 Å². The van der Waals surface area contributed by atoms with Gasteiger partial charge in [-0.15, -0.1) is 0 Å². The molecule has 1 rings (SSSR count). The largest absolute Gasteiger partial charge is 0.372 e. The van der Waals surface area contributed by atoms with Gasteiger partial charge < -0.3 is 4.74 Å². The van der Waals surface area contributed by atoms with Gasteiger partial charge in [0.2, 0.25) is 0 Å². The summed E-state index contributed by atoms with van der Waals surface area (Å²) < 4.78 is 27.1. The van der Waals surface area contributed by atoms with Crippen LogP contribution in [0.15, 0.2) is 11.6 Å².